The van der Waals surface area contributed by atoms with Crippen molar-refractivity contribution in [3.63, 3.8) is 0 Å². The van der Waals surface area contributed by atoms with Gasteiger partial charge in [0.05, 0.1) is 11.4 Å². The van der Waals surface area contributed by atoms with Crippen LogP contribution in [0.1, 0.15) is 11.1 Å². The molecule has 0 bridgehead atoms. The van der Waals surface area contributed by atoms with Crippen LogP contribution in [0, 0.1) is 0 Å². The van der Waals surface area contributed by atoms with E-state index in [1.165, 1.54) is 4.90 Å². The Labute approximate surface area is 167 Å². The second-order valence-corrected chi connectivity index (χ2v) is 7.56. The summed E-state index contributed by atoms with van der Waals surface area (Å²) in [4.78, 5) is 36.8. The van der Waals surface area contributed by atoms with Crippen LogP contribution >= 0.6 is 27.7 Å². The molecule has 2 aromatic rings. The van der Waals surface area contributed by atoms with Crippen LogP contribution in [-0.2, 0) is 16.1 Å². The Hall–Kier alpha value is -2.58. The molecule has 1 saturated heterocycles. The Bertz CT molecular complexity index is 926. The molecule has 0 atom stereocenters. The Morgan fingerprint density at radius 2 is 1.93 bits per heavy atom. The molecule has 0 unspecified atom stereocenters. The summed E-state index contributed by atoms with van der Waals surface area (Å²) in [6.45, 7) is -0.211. The number of carboxylic acids is 1. The van der Waals surface area contributed by atoms with Gasteiger partial charge >= 0.3 is 5.97 Å². The number of thioether (sulfide) groups is 1. The van der Waals surface area contributed by atoms with Crippen LogP contribution in [-0.4, -0.2) is 33.7 Å². The normalized spacial score (nSPS) is 15.4. The number of carbonyl (C=O) groups excluding carboxylic acids is 2. The lowest BCUT2D eigenvalue weighted by Crippen LogP contribution is -2.27. The van der Waals surface area contributed by atoms with Crippen molar-refractivity contribution in [1.82, 2.24) is 4.90 Å². The first-order valence-electron chi connectivity index (χ1n) is 7.87. The number of aliphatic carboxylic acids is 1. The molecule has 6 nitrogen and oxygen atoms in total. The monoisotopic (exact) mass is 447 g/mol. The molecule has 1 N–H and O–H groups in total. The van der Waals surface area contributed by atoms with Crippen LogP contribution in [0.15, 0.2) is 57.9 Å². The molecule has 3 rings (SSSR count). The van der Waals surface area contributed by atoms with Crippen LogP contribution in [0.4, 0.5) is 4.79 Å². The Morgan fingerprint density at radius 1 is 1.19 bits per heavy atom. The maximum atomic E-state index is 12.6. The van der Waals surface area contributed by atoms with Gasteiger partial charge in [-0.15, -0.1) is 0 Å². The largest absolute Gasteiger partial charge is 0.482 e. The van der Waals surface area contributed by atoms with E-state index in [4.69, 9.17) is 9.84 Å². The summed E-state index contributed by atoms with van der Waals surface area (Å²) in [6, 6.07) is 14.1. The van der Waals surface area contributed by atoms with Gasteiger partial charge in [-0.3, -0.25) is 14.5 Å². The molecule has 0 spiro atoms. The Morgan fingerprint density at radius 3 is 2.59 bits per heavy atom. The van der Waals surface area contributed by atoms with Gasteiger partial charge in [0.15, 0.2) is 6.61 Å². The van der Waals surface area contributed by atoms with E-state index in [1.54, 1.807) is 30.3 Å². The number of hydrogen-bond acceptors (Lipinski definition) is 5. The first-order chi connectivity index (χ1) is 12.9. The molecule has 2 amide bonds. The van der Waals surface area contributed by atoms with E-state index in [0.29, 0.717) is 16.2 Å². The third-order valence-electron chi connectivity index (χ3n) is 3.64. The maximum absolute atomic E-state index is 12.6. The van der Waals surface area contributed by atoms with Crippen molar-refractivity contribution >= 4 is 50.9 Å². The number of imide groups is 1. The van der Waals surface area contributed by atoms with Crippen LogP contribution in [0.3, 0.4) is 0 Å². The van der Waals surface area contributed by atoms with Crippen molar-refractivity contribution in [2.75, 3.05) is 6.61 Å². The molecule has 0 radical (unpaired) electrons. The summed E-state index contributed by atoms with van der Waals surface area (Å²) in [5.74, 6) is -0.980. The highest BCUT2D eigenvalue weighted by Gasteiger charge is 2.34. The number of benzene rings is 2. The highest BCUT2D eigenvalue weighted by molar-refractivity contribution is 9.10. The lowest BCUT2D eigenvalue weighted by Gasteiger charge is -2.12. The molecule has 1 heterocycles. The van der Waals surface area contributed by atoms with E-state index < -0.39 is 12.6 Å². The summed E-state index contributed by atoms with van der Waals surface area (Å²) >= 11 is 4.27. The third-order valence-corrected chi connectivity index (χ3v) is 5.04. The minimum absolute atomic E-state index is 0.212. The van der Waals surface area contributed by atoms with E-state index in [2.05, 4.69) is 15.9 Å². The van der Waals surface area contributed by atoms with Crippen molar-refractivity contribution in [3.05, 3.63) is 69.0 Å². The maximum Gasteiger partial charge on any atom is 0.341 e. The van der Waals surface area contributed by atoms with Gasteiger partial charge in [0.1, 0.15) is 5.75 Å². The first-order valence-corrected chi connectivity index (χ1v) is 9.48. The van der Waals surface area contributed by atoms with Gasteiger partial charge in [-0.25, -0.2) is 4.79 Å². The van der Waals surface area contributed by atoms with Crippen molar-refractivity contribution < 1.29 is 24.2 Å². The quantitative estimate of drug-likeness (QED) is 0.669. The summed E-state index contributed by atoms with van der Waals surface area (Å²) in [5, 5.41) is 8.29. The minimum atomic E-state index is -1.06. The highest BCUT2D eigenvalue weighted by atomic mass is 79.9. The number of carbonyl (C=O) groups is 3. The molecule has 0 aromatic heterocycles. The zero-order valence-electron chi connectivity index (χ0n) is 13.9. The number of hydrogen-bond donors (Lipinski definition) is 1. The second-order valence-electron chi connectivity index (χ2n) is 5.65. The number of amides is 2. The molecular formula is C19H14BrNO5S. The fourth-order valence-corrected chi connectivity index (χ4v) is 3.70. The molecule has 1 aliphatic heterocycles. The van der Waals surface area contributed by atoms with Gasteiger partial charge in [-0.1, -0.05) is 40.2 Å². The molecular weight excluding hydrogens is 434 g/mol. The number of carboxylic acid groups (broad SMARTS) is 1. The van der Waals surface area contributed by atoms with Crippen LogP contribution < -0.4 is 4.74 Å². The molecule has 27 heavy (non-hydrogen) atoms. The average Bonchev–Trinajstić information content (AvgIpc) is 2.89. The van der Waals surface area contributed by atoms with E-state index in [9.17, 15) is 14.4 Å². The lowest BCUT2D eigenvalue weighted by molar-refractivity contribution is -0.139. The minimum Gasteiger partial charge on any atom is -0.482 e. The molecule has 1 aliphatic rings. The highest BCUT2D eigenvalue weighted by Crippen LogP contribution is 2.33. The van der Waals surface area contributed by atoms with Gasteiger partial charge in [-0.2, -0.15) is 0 Å². The van der Waals surface area contributed by atoms with Crippen molar-refractivity contribution in [2.24, 2.45) is 0 Å². The van der Waals surface area contributed by atoms with Crippen molar-refractivity contribution in [3.8, 4) is 5.75 Å². The smallest absolute Gasteiger partial charge is 0.341 e. The fourth-order valence-electron chi connectivity index (χ4n) is 2.41. The standard InChI is InChI=1S/C19H14BrNO5S/c20-14-3-1-2-13(8-14)10-21-18(24)16(27-19(21)25)9-12-4-6-15(7-5-12)26-11-17(22)23/h1-9H,10-11H2,(H,22,23)/b16-9-. The van der Waals surface area contributed by atoms with Gasteiger partial charge in [0.25, 0.3) is 11.1 Å². The van der Waals surface area contributed by atoms with Crippen LogP contribution in [0.25, 0.3) is 6.08 Å². The fraction of sp³-hybridized carbons (Fsp3) is 0.105. The van der Waals surface area contributed by atoms with E-state index in [1.807, 2.05) is 24.3 Å². The number of nitrogens with zero attached hydrogens (tertiary/aromatic N) is 1. The molecule has 2 aromatic carbocycles. The van der Waals surface area contributed by atoms with Gasteiger partial charge in [-0.05, 0) is 53.2 Å². The Kier molecular flexibility index (Phi) is 5.98. The number of ether oxygens (including phenoxy) is 1. The van der Waals surface area contributed by atoms with Crippen LogP contribution in [0.5, 0.6) is 5.75 Å². The average molecular weight is 448 g/mol. The topological polar surface area (TPSA) is 83.9 Å². The third kappa shape index (κ3) is 4.99. The molecule has 0 saturated carbocycles. The first kappa shape index (κ1) is 19.2. The van der Waals surface area contributed by atoms with E-state index in [-0.39, 0.29) is 17.7 Å². The molecule has 0 aliphatic carbocycles. The number of rotatable bonds is 6. The number of halogens is 1. The SMILES string of the molecule is O=C(O)COc1ccc(/C=C2\SC(=O)N(Cc3cccc(Br)c3)C2=O)cc1. The molecule has 8 heteroatoms. The summed E-state index contributed by atoms with van der Waals surface area (Å²) in [6.07, 6.45) is 1.63. The molecule has 1 fully saturated rings. The summed E-state index contributed by atoms with van der Waals surface area (Å²) in [5.41, 5.74) is 1.57. The summed E-state index contributed by atoms with van der Waals surface area (Å²) < 4.78 is 5.95. The van der Waals surface area contributed by atoms with Gasteiger partial charge < -0.3 is 9.84 Å². The predicted molar refractivity (Wildman–Crippen MR) is 105 cm³/mol. The zero-order valence-corrected chi connectivity index (χ0v) is 16.3. The van der Waals surface area contributed by atoms with E-state index in [0.717, 1.165) is 21.8 Å². The summed E-state index contributed by atoms with van der Waals surface area (Å²) in [7, 11) is 0. The van der Waals surface area contributed by atoms with Gasteiger partial charge in [0, 0.05) is 4.47 Å². The molecule has 138 valence electrons. The van der Waals surface area contributed by atoms with Gasteiger partial charge in [0.2, 0.25) is 0 Å². The van der Waals surface area contributed by atoms with Crippen LogP contribution in [0.2, 0.25) is 0 Å². The van der Waals surface area contributed by atoms with E-state index >= 15 is 0 Å². The predicted octanol–water partition coefficient (Wildman–Crippen LogP) is 4.15. The zero-order chi connectivity index (χ0) is 19.4. The van der Waals surface area contributed by atoms with Crippen molar-refractivity contribution in [2.45, 2.75) is 6.54 Å². The second kappa shape index (κ2) is 8.41. The lowest BCUT2D eigenvalue weighted by atomic mass is 10.2. The Balaban J connectivity index is 1.71. The van der Waals surface area contributed by atoms with Crippen molar-refractivity contribution in [1.29, 1.82) is 0 Å².